The fourth-order valence-corrected chi connectivity index (χ4v) is 2.95. The molecule has 0 bridgehead atoms. The van der Waals surface area contributed by atoms with E-state index in [1.807, 2.05) is 0 Å². The second-order valence-electron chi connectivity index (χ2n) is 5.89. The SMILES string of the molecule is C[C@H](OC(=O)Cc1ccc(Cl)cc1Cl)C(=O)Nc1ccc2c(c1)OCCO2. The van der Waals surface area contributed by atoms with Crippen molar-refractivity contribution in [3.05, 3.63) is 52.0 Å². The second kappa shape index (κ2) is 8.50. The van der Waals surface area contributed by atoms with Gasteiger partial charge in [-0.15, -0.1) is 0 Å². The van der Waals surface area contributed by atoms with Crippen LogP contribution in [-0.4, -0.2) is 31.2 Å². The highest BCUT2D eigenvalue weighted by atomic mass is 35.5. The molecular weight excluding hydrogens is 393 g/mol. The number of halogens is 2. The van der Waals surface area contributed by atoms with Gasteiger partial charge in [-0.25, -0.2) is 0 Å². The van der Waals surface area contributed by atoms with Crippen molar-refractivity contribution in [3.8, 4) is 11.5 Å². The zero-order valence-electron chi connectivity index (χ0n) is 14.5. The van der Waals surface area contributed by atoms with Gasteiger partial charge in [0, 0.05) is 21.8 Å². The van der Waals surface area contributed by atoms with E-state index < -0.39 is 18.0 Å². The van der Waals surface area contributed by atoms with E-state index in [9.17, 15) is 9.59 Å². The molecule has 2 aromatic rings. The van der Waals surface area contributed by atoms with Crippen molar-refractivity contribution in [2.45, 2.75) is 19.4 Å². The van der Waals surface area contributed by atoms with Gasteiger partial charge in [-0.2, -0.15) is 0 Å². The smallest absolute Gasteiger partial charge is 0.311 e. The molecular formula is C19H17Cl2NO5. The average molecular weight is 410 g/mol. The molecule has 1 atom stereocenters. The zero-order valence-corrected chi connectivity index (χ0v) is 16.0. The fourth-order valence-electron chi connectivity index (χ4n) is 2.48. The Labute approximate surface area is 166 Å². The van der Waals surface area contributed by atoms with Gasteiger partial charge in [0.15, 0.2) is 17.6 Å². The third kappa shape index (κ3) is 5.05. The van der Waals surface area contributed by atoms with Gasteiger partial charge in [-0.1, -0.05) is 29.3 Å². The van der Waals surface area contributed by atoms with E-state index >= 15 is 0 Å². The summed E-state index contributed by atoms with van der Waals surface area (Å²) in [4.78, 5) is 24.4. The third-order valence-electron chi connectivity index (χ3n) is 3.84. The molecule has 0 aliphatic carbocycles. The number of benzene rings is 2. The van der Waals surface area contributed by atoms with Crippen molar-refractivity contribution >= 4 is 40.8 Å². The molecule has 0 spiro atoms. The molecule has 6 nitrogen and oxygen atoms in total. The van der Waals surface area contributed by atoms with E-state index in [0.29, 0.717) is 46.0 Å². The van der Waals surface area contributed by atoms with Gasteiger partial charge < -0.3 is 19.5 Å². The Balaban J connectivity index is 1.56. The molecule has 0 saturated carbocycles. The molecule has 1 aliphatic heterocycles. The average Bonchev–Trinajstić information content (AvgIpc) is 2.64. The van der Waals surface area contributed by atoms with E-state index in [1.165, 1.54) is 6.92 Å². The van der Waals surface area contributed by atoms with Gasteiger partial charge in [-0.05, 0) is 36.8 Å². The Morgan fingerprint density at radius 1 is 1.11 bits per heavy atom. The molecule has 0 saturated heterocycles. The standard InChI is InChI=1S/C19H17Cl2NO5/c1-11(27-18(23)8-12-2-3-13(20)9-15(12)21)19(24)22-14-4-5-16-17(10-14)26-7-6-25-16/h2-5,9-11H,6-8H2,1H3,(H,22,24)/t11-/m0/s1. The monoisotopic (exact) mass is 409 g/mol. The van der Waals surface area contributed by atoms with E-state index in [2.05, 4.69) is 5.32 Å². The number of carbonyl (C=O) groups is 2. The number of rotatable bonds is 5. The zero-order chi connectivity index (χ0) is 19.4. The van der Waals surface area contributed by atoms with E-state index in [-0.39, 0.29) is 6.42 Å². The van der Waals surface area contributed by atoms with Crippen LogP contribution < -0.4 is 14.8 Å². The molecule has 3 rings (SSSR count). The van der Waals surface area contributed by atoms with Crippen molar-refractivity contribution in [1.29, 1.82) is 0 Å². The van der Waals surface area contributed by atoms with Gasteiger partial charge >= 0.3 is 5.97 Å². The van der Waals surface area contributed by atoms with Crippen LogP contribution in [0.3, 0.4) is 0 Å². The number of hydrogen-bond acceptors (Lipinski definition) is 5. The maximum absolute atomic E-state index is 12.3. The van der Waals surface area contributed by atoms with Gasteiger partial charge in [0.05, 0.1) is 6.42 Å². The summed E-state index contributed by atoms with van der Waals surface area (Å²) in [5.41, 5.74) is 1.10. The molecule has 0 fully saturated rings. The second-order valence-corrected chi connectivity index (χ2v) is 6.74. The summed E-state index contributed by atoms with van der Waals surface area (Å²) in [6, 6.07) is 9.88. The summed E-state index contributed by atoms with van der Waals surface area (Å²) in [6.45, 7) is 2.43. The summed E-state index contributed by atoms with van der Waals surface area (Å²) < 4.78 is 16.1. The normalized spacial score (nSPS) is 13.6. The quantitative estimate of drug-likeness (QED) is 0.758. The van der Waals surface area contributed by atoms with Gasteiger partial charge in [0.2, 0.25) is 0 Å². The molecule has 27 heavy (non-hydrogen) atoms. The molecule has 1 amide bonds. The predicted octanol–water partition coefficient (Wildman–Crippen LogP) is 3.88. The van der Waals surface area contributed by atoms with Crippen LogP contribution in [0.4, 0.5) is 5.69 Å². The van der Waals surface area contributed by atoms with Gasteiger partial charge in [0.1, 0.15) is 13.2 Å². The Bertz CT molecular complexity index is 871. The van der Waals surface area contributed by atoms with Crippen molar-refractivity contribution in [3.63, 3.8) is 0 Å². The highest BCUT2D eigenvalue weighted by Crippen LogP contribution is 2.32. The van der Waals surface area contributed by atoms with Crippen LogP contribution in [0.25, 0.3) is 0 Å². The van der Waals surface area contributed by atoms with E-state index in [4.69, 9.17) is 37.4 Å². The van der Waals surface area contributed by atoms with Gasteiger partial charge in [0.25, 0.3) is 5.91 Å². The highest BCUT2D eigenvalue weighted by molar-refractivity contribution is 6.35. The minimum Gasteiger partial charge on any atom is -0.486 e. The molecule has 1 heterocycles. The lowest BCUT2D eigenvalue weighted by Crippen LogP contribution is -2.30. The lowest BCUT2D eigenvalue weighted by molar-refractivity contribution is -0.152. The van der Waals surface area contributed by atoms with Crippen molar-refractivity contribution < 1.29 is 23.8 Å². The number of anilines is 1. The van der Waals surface area contributed by atoms with Crippen molar-refractivity contribution in [2.75, 3.05) is 18.5 Å². The Morgan fingerprint density at radius 3 is 2.59 bits per heavy atom. The number of fused-ring (bicyclic) bond motifs is 1. The molecule has 8 heteroatoms. The summed E-state index contributed by atoms with van der Waals surface area (Å²) >= 11 is 11.9. The van der Waals surface area contributed by atoms with Crippen LogP contribution in [-0.2, 0) is 20.7 Å². The number of carbonyl (C=O) groups excluding carboxylic acids is 2. The first-order valence-corrected chi connectivity index (χ1v) is 9.02. The number of amides is 1. The largest absolute Gasteiger partial charge is 0.486 e. The van der Waals surface area contributed by atoms with Crippen molar-refractivity contribution in [2.24, 2.45) is 0 Å². The molecule has 1 aliphatic rings. The summed E-state index contributed by atoms with van der Waals surface area (Å²) in [5.74, 6) is 0.158. The van der Waals surface area contributed by atoms with Crippen LogP contribution >= 0.6 is 23.2 Å². The summed E-state index contributed by atoms with van der Waals surface area (Å²) in [6.07, 6.45) is -1.03. The molecule has 2 aromatic carbocycles. The van der Waals surface area contributed by atoms with Crippen LogP contribution in [0.5, 0.6) is 11.5 Å². The van der Waals surface area contributed by atoms with Crippen molar-refractivity contribution in [1.82, 2.24) is 0 Å². The molecule has 1 N–H and O–H groups in total. The lowest BCUT2D eigenvalue weighted by atomic mass is 10.1. The Kier molecular flexibility index (Phi) is 6.08. The maximum atomic E-state index is 12.3. The fraction of sp³-hybridized carbons (Fsp3) is 0.263. The van der Waals surface area contributed by atoms with Crippen LogP contribution in [0.1, 0.15) is 12.5 Å². The Hall–Kier alpha value is -2.44. The number of hydrogen-bond donors (Lipinski definition) is 1. The van der Waals surface area contributed by atoms with E-state index in [0.717, 1.165) is 0 Å². The molecule has 142 valence electrons. The van der Waals surface area contributed by atoms with Crippen LogP contribution in [0, 0.1) is 0 Å². The van der Waals surface area contributed by atoms with Crippen LogP contribution in [0.15, 0.2) is 36.4 Å². The Morgan fingerprint density at radius 2 is 1.85 bits per heavy atom. The van der Waals surface area contributed by atoms with E-state index in [1.54, 1.807) is 36.4 Å². The number of esters is 1. The molecule has 0 unspecified atom stereocenters. The predicted molar refractivity (Wildman–Crippen MR) is 102 cm³/mol. The lowest BCUT2D eigenvalue weighted by Gasteiger charge is -2.19. The number of ether oxygens (including phenoxy) is 3. The summed E-state index contributed by atoms with van der Waals surface area (Å²) in [5, 5.41) is 3.53. The minimum absolute atomic E-state index is 0.0579. The first-order valence-electron chi connectivity index (χ1n) is 8.26. The third-order valence-corrected chi connectivity index (χ3v) is 4.42. The van der Waals surface area contributed by atoms with Gasteiger partial charge in [-0.3, -0.25) is 9.59 Å². The molecule has 0 aromatic heterocycles. The highest BCUT2D eigenvalue weighted by Gasteiger charge is 2.20. The number of nitrogens with one attached hydrogen (secondary N) is 1. The van der Waals surface area contributed by atoms with Crippen LogP contribution in [0.2, 0.25) is 10.0 Å². The topological polar surface area (TPSA) is 73.9 Å². The minimum atomic E-state index is -0.975. The summed E-state index contributed by atoms with van der Waals surface area (Å²) in [7, 11) is 0. The molecule has 0 radical (unpaired) electrons. The first kappa shape index (κ1) is 19.3. The first-order chi connectivity index (χ1) is 12.9. The maximum Gasteiger partial charge on any atom is 0.311 e.